The van der Waals surface area contributed by atoms with E-state index in [4.69, 9.17) is 4.74 Å². The van der Waals surface area contributed by atoms with Gasteiger partial charge in [0.1, 0.15) is 0 Å². The zero-order valence-electron chi connectivity index (χ0n) is 11.5. The molecule has 1 aliphatic heterocycles. The molecule has 1 aliphatic rings. The van der Waals surface area contributed by atoms with Crippen LogP contribution in [0.15, 0.2) is 12.1 Å². The third-order valence-electron chi connectivity index (χ3n) is 3.23. The molecule has 2 rings (SSSR count). The number of rotatable bonds is 6. The number of ether oxygens (including phenoxy) is 1. The van der Waals surface area contributed by atoms with Crippen molar-refractivity contribution in [3.8, 4) is 0 Å². The average molecular weight is 268 g/mol. The monoisotopic (exact) mass is 268 g/mol. The van der Waals surface area contributed by atoms with Crippen molar-refractivity contribution in [1.82, 2.24) is 9.80 Å². The van der Waals surface area contributed by atoms with Gasteiger partial charge in [-0.2, -0.15) is 0 Å². The highest BCUT2D eigenvalue weighted by Crippen LogP contribution is 2.20. The summed E-state index contributed by atoms with van der Waals surface area (Å²) in [4.78, 5) is 7.76. The molecule has 1 aromatic heterocycles. The molecule has 0 aromatic carbocycles. The maximum absolute atomic E-state index is 5.38. The molecule has 0 atom stereocenters. The van der Waals surface area contributed by atoms with Gasteiger partial charge in [-0.1, -0.05) is 0 Å². The quantitative estimate of drug-likeness (QED) is 0.785. The van der Waals surface area contributed by atoms with E-state index in [1.54, 1.807) is 0 Å². The molecule has 0 unspecified atom stereocenters. The number of aryl methyl sites for hydroxylation is 1. The smallest absolute Gasteiger partial charge is 0.0594 e. The SMILES string of the molecule is CN(C)CCCc1ccc(CN2CCOCC2)s1. The van der Waals surface area contributed by atoms with Gasteiger partial charge in [0.15, 0.2) is 0 Å². The Morgan fingerprint density at radius 3 is 2.67 bits per heavy atom. The normalized spacial score (nSPS) is 17.5. The highest BCUT2D eigenvalue weighted by atomic mass is 32.1. The number of hydrogen-bond acceptors (Lipinski definition) is 4. The minimum absolute atomic E-state index is 0.890. The highest BCUT2D eigenvalue weighted by molar-refractivity contribution is 7.11. The Balaban J connectivity index is 1.74. The summed E-state index contributed by atoms with van der Waals surface area (Å²) in [6.45, 7) is 6.21. The fraction of sp³-hybridized carbons (Fsp3) is 0.714. The zero-order chi connectivity index (χ0) is 12.8. The molecule has 1 saturated heterocycles. The van der Waals surface area contributed by atoms with E-state index < -0.39 is 0 Å². The molecule has 102 valence electrons. The molecule has 0 radical (unpaired) electrons. The average Bonchev–Trinajstić information content (AvgIpc) is 2.78. The highest BCUT2D eigenvalue weighted by Gasteiger charge is 2.11. The van der Waals surface area contributed by atoms with Gasteiger partial charge in [0.25, 0.3) is 0 Å². The maximum Gasteiger partial charge on any atom is 0.0594 e. The minimum Gasteiger partial charge on any atom is -0.379 e. The van der Waals surface area contributed by atoms with Crippen LogP contribution in [0, 0.1) is 0 Å². The standard InChI is InChI=1S/C14H24N2OS/c1-15(2)7-3-4-13-5-6-14(18-13)12-16-8-10-17-11-9-16/h5-6H,3-4,7-12H2,1-2H3. The second kappa shape index (κ2) is 7.24. The summed E-state index contributed by atoms with van der Waals surface area (Å²) >= 11 is 1.98. The lowest BCUT2D eigenvalue weighted by molar-refractivity contribution is 0.0346. The molecule has 3 nitrogen and oxygen atoms in total. The number of thiophene rings is 1. The topological polar surface area (TPSA) is 15.7 Å². The number of morpholine rings is 1. The third-order valence-corrected chi connectivity index (χ3v) is 4.36. The largest absolute Gasteiger partial charge is 0.379 e. The zero-order valence-corrected chi connectivity index (χ0v) is 12.3. The lowest BCUT2D eigenvalue weighted by Crippen LogP contribution is -2.35. The molecule has 0 saturated carbocycles. The summed E-state index contributed by atoms with van der Waals surface area (Å²) in [6.07, 6.45) is 2.47. The Morgan fingerprint density at radius 2 is 1.94 bits per heavy atom. The van der Waals surface area contributed by atoms with Crippen molar-refractivity contribution in [1.29, 1.82) is 0 Å². The minimum atomic E-state index is 0.890. The van der Waals surface area contributed by atoms with Crippen LogP contribution in [-0.2, 0) is 17.7 Å². The molecule has 2 heterocycles. The predicted molar refractivity (Wildman–Crippen MR) is 77.3 cm³/mol. The van der Waals surface area contributed by atoms with E-state index >= 15 is 0 Å². The van der Waals surface area contributed by atoms with E-state index in [0.29, 0.717) is 0 Å². The predicted octanol–water partition coefficient (Wildman–Crippen LogP) is 2.07. The molecule has 0 bridgehead atoms. The molecule has 0 spiro atoms. The van der Waals surface area contributed by atoms with Gasteiger partial charge in [-0.15, -0.1) is 11.3 Å². The Morgan fingerprint density at radius 1 is 1.22 bits per heavy atom. The molecule has 1 fully saturated rings. The van der Waals surface area contributed by atoms with Crippen LogP contribution in [-0.4, -0.2) is 56.7 Å². The van der Waals surface area contributed by atoms with Gasteiger partial charge in [-0.25, -0.2) is 0 Å². The van der Waals surface area contributed by atoms with Crippen molar-refractivity contribution in [3.63, 3.8) is 0 Å². The van der Waals surface area contributed by atoms with Crippen LogP contribution < -0.4 is 0 Å². The van der Waals surface area contributed by atoms with Crippen LogP contribution in [0.5, 0.6) is 0 Å². The maximum atomic E-state index is 5.38. The Hall–Kier alpha value is -0.420. The summed E-state index contributed by atoms with van der Waals surface area (Å²) < 4.78 is 5.38. The van der Waals surface area contributed by atoms with Gasteiger partial charge >= 0.3 is 0 Å². The Bertz CT molecular complexity index is 345. The molecule has 4 heteroatoms. The van der Waals surface area contributed by atoms with Crippen LogP contribution >= 0.6 is 11.3 Å². The number of hydrogen-bond donors (Lipinski definition) is 0. The third kappa shape index (κ3) is 4.69. The second-order valence-electron chi connectivity index (χ2n) is 5.16. The molecule has 0 aliphatic carbocycles. The van der Waals surface area contributed by atoms with Crippen LogP contribution in [0.2, 0.25) is 0 Å². The first-order chi connectivity index (χ1) is 8.74. The fourth-order valence-electron chi connectivity index (χ4n) is 2.19. The Kier molecular flexibility index (Phi) is 5.63. The van der Waals surface area contributed by atoms with Crippen LogP contribution in [0.1, 0.15) is 16.2 Å². The van der Waals surface area contributed by atoms with Gasteiger partial charge in [-0.3, -0.25) is 4.90 Å². The van der Waals surface area contributed by atoms with E-state index in [1.807, 2.05) is 11.3 Å². The van der Waals surface area contributed by atoms with Crippen molar-refractivity contribution < 1.29 is 4.74 Å². The van der Waals surface area contributed by atoms with Gasteiger partial charge in [0.2, 0.25) is 0 Å². The lowest BCUT2D eigenvalue weighted by atomic mass is 10.2. The lowest BCUT2D eigenvalue weighted by Gasteiger charge is -2.25. The van der Waals surface area contributed by atoms with Gasteiger partial charge in [0.05, 0.1) is 13.2 Å². The fourth-order valence-corrected chi connectivity index (χ4v) is 3.29. The molecular formula is C14H24N2OS. The van der Waals surface area contributed by atoms with Crippen LogP contribution in [0.25, 0.3) is 0 Å². The summed E-state index contributed by atoms with van der Waals surface area (Å²) in [6, 6.07) is 4.60. The molecule has 0 amide bonds. The molecule has 0 N–H and O–H groups in total. The first-order valence-electron chi connectivity index (χ1n) is 6.76. The van der Waals surface area contributed by atoms with Crippen LogP contribution in [0.4, 0.5) is 0 Å². The Labute approximate surface area is 114 Å². The molecular weight excluding hydrogens is 244 g/mol. The van der Waals surface area contributed by atoms with Gasteiger partial charge in [0, 0.05) is 29.4 Å². The van der Waals surface area contributed by atoms with Crippen molar-refractivity contribution in [2.75, 3.05) is 46.9 Å². The molecule has 1 aromatic rings. The summed E-state index contributed by atoms with van der Waals surface area (Å²) in [5.41, 5.74) is 0. The number of nitrogens with zero attached hydrogens (tertiary/aromatic N) is 2. The second-order valence-corrected chi connectivity index (χ2v) is 6.42. The first-order valence-corrected chi connectivity index (χ1v) is 7.58. The van der Waals surface area contributed by atoms with Crippen molar-refractivity contribution >= 4 is 11.3 Å². The van der Waals surface area contributed by atoms with E-state index in [9.17, 15) is 0 Å². The first kappa shape index (κ1) is 14.0. The van der Waals surface area contributed by atoms with Crippen molar-refractivity contribution in [2.45, 2.75) is 19.4 Å². The van der Waals surface area contributed by atoms with E-state index in [1.165, 1.54) is 29.1 Å². The van der Waals surface area contributed by atoms with E-state index in [-0.39, 0.29) is 0 Å². The van der Waals surface area contributed by atoms with Crippen LogP contribution in [0.3, 0.4) is 0 Å². The summed E-state index contributed by atoms with van der Waals surface area (Å²) in [5, 5.41) is 0. The van der Waals surface area contributed by atoms with E-state index in [0.717, 1.165) is 32.8 Å². The molecule has 18 heavy (non-hydrogen) atoms. The van der Waals surface area contributed by atoms with Gasteiger partial charge in [-0.05, 0) is 45.6 Å². The van der Waals surface area contributed by atoms with Gasteiger partial charge < -0.3 is 9.64 Å². The van der Waals surface area contributed by atoms with E-state index in [2.05, 4.69) is 36.0 Å². The summed E-state index contributed by atoms with van der Waals surface area (Å²) in [5.74, 6) is 0. The van der Waals surface area contributed by atoms with Crippen molar-refractivity contribution in [2.24, 2.45) is 0 Å². The van der Waals surface area contributed by atoms with Crippen molar-refractivity contribution in [3.05, 3.63) is 21.9 Å². The summed E-state index contributed by atoms with van der Waals surface area (Å²) in [7, 11) is 4.27.